The van der Waals surface area contributed by atoms with Crippen LogP contribution in [0.5, 0.6) is 0 Å². The van der Waals surface area contributed by atoms with Crippen molar-refractivity contribution < 1.29 is 14.3 Å². The second-order valence-corrected chi connectivity index (χ2v) is 7.52. The van der Waals surface area contributed by atoms with Gasteiger partial charge in [-0.1, -0.05) is 48.7 Å². The van der Waals surface area contributed by atoms with Gasteiger partial charge in [0.2, 0.25) is 9.70 Å². The molecule has 0 aromatic heterocycles. The molecule has 110 valence electrons. The van der Waals surface area contributed by atoms with Crippen LogP contribution in [0, 0.1) is 11.8 Å². The normalized spacial score (nSPS) is 20.5. The highest BCUT2D eigenvalue weighted by Gasteiger charge is 2.31. The number of piperidine rings is 1. The minimum Gasteiger partial charge on any atom is -0.461 e. The molecule has 0 radical (unpaired) electrons. The summed E-state index contributed by atoms with van der Waals surface area (Å²) in [7, 11) is 0. The van der Waals surface area contributed by atoms with Crippen molar-refractivity contribution in [3.8, 4) is 0 Å². The molecular weight excluding hydrogens is 312 g/mol. The van der Waals surface area contributed by atoms with Crippen LogP contribution in [0.25, 0.3) is 0 Å². The summed E-state index contributed by atoms with van der Waals surface area (Å²) in [6.45, 7) is 4.48. The first-order valence-electron chi connectivity index (χ1n) is 6.23. The minimum atomic E-state index is -1.60. The van der Waals surface area contributed by atoms with Gasteiger partial charge in [-0.25, -0.2) is 0 Å². The molecule has 1 heterocycles. The number of likely N-dealkylation sites (tertiary alicyclic amines) is 1. The third kappa shape index (κ3) is 5.76. The molecule has 0 aliphatic carbocycles. The smallest absolute Gasteiger partial charge is 0.310 e. The highest BCUT2D eigenvalue weighted by molar-refractivity contribution is 6.67. The van der Waals surface area contributed by atoms with Crippen LogP contribution in [0.2, 0.25) is 0 Å². The topological polar surface area (TPSA) is 46.6 Å². The molecule has 1 fully saturated rings. The zero-order valence-electron chi connectivity index (χ0n) is 11.0. The first kappa shape index (κ1) is 16.9. The average Bonchev–Trinajstić information content (AvgIpc) is 2.34. The monoisotopic (exact) mass is 329 g/mol. The average molecular weight is 331 g/mol. The number of carbonyl (C=O) groups excluding carboxylic acids is 2. The quantitative estimate of drug-likeness (QED) is 0.590. The van der Waals surface area contributed by atoms with E-state index in [-0.39, 0.29) is 24.3 Å². The Kier molecular flexibility index (Phi) is 6.21. The number of amides is 1. The molecule has 1 aliphatic heterocycles. The predicted molar refractivity (Wildman–Crippen MR) is 75.4 cm³/mol. The van der Waals surface area contributed by atoms with Crippen LogP contribution >= 0.6 is 34.8 Å². The Morgan fingerprint density at radius 2 is 2.00 bits per heavy atom. The summed E-state index contributed by atoms with van der Waals surface area (Å²) in [6.07, 6.45) is 1.48. The largest absolute Gasteiger partial charge is 0.461 e. The molecule has 0 spiro atoms. The molecule has 0 aromatic carbocycles. The van der Waals surface area contributed by atoms with Crippen LogP contribution in [0.15, 0.2) is 0 Å². The molecule has 1 aliphatic rings. The van der Waals surface area contributed by atoms with Gasteiger partial charge in [-0.15, -0.1) is 0 Å². The number of esters is 1. The van der Waals surface area contributed by atoms with E-state index in [2.05, 4.69) is 0 Å². The van der Waals surface area contributed by atoms with Crippen molar-refractivity contribution in [1.82, 2.24) is 4.90 Å². The van der Waals surface area contributed by atoms with Crippen LogP contribution in [-0.4, -0.2) is 40.3 Å². The molecule has 1 atom stereocenters. The fourth-order valence-electron chi connectivity index (χ4n) is 2.01. The molecule has 0 N–H and O–H groups in total. The van der Waals surface area contributed by atoms with Crippen LogP contribution < -0.4 is 0 Å². The van der Waals surface area contributed by atoms with E-state index in [4.69, 9.17) is 39.5 Å². The van der Waals surface area contributed by atoms with Crippen LogP contribution in [0.1, 0.15) is 26.7 Å². The molecule has 7 heteroatoms. The van der Waals surface area contributed by atoms with Gasteiger partial charge in [0.05, 0.1) is 5.92 Å². The number of rotatable bonds is 3. The molecule has 0 unspecified atom stereocenters. The molecule has 1 saturated heterocycles. The van der Waals surface area contributed by atoms with Crippen LogP contribution in [0.4, 0.5) is 0 Å². The molecular formula is C12H18Cl3NO3. The Labute approximate surface area is 128 Å². The summed E-state index contributed by atoms with van der Waals surface area (Å²) in [5.74, 6) is -0.758. The summed E-state index contributed by atoms with van der Waals surface area (Å²) < 4.78 is 3.36. The van der Waals surface area contributed by atoms with E-state index in [1.165, 1.54) is 0 Å². The molecule has 0 bridgehead atoms. The van der Waals surface area contributed by atoms with Gasteiger partial charge in [0.15, 0.2) is 0 Å². The fraction of sp³-hybridized carbons (Fsp3) is 0.833. The van der Waals surface area contributed by atoms with E-state index < -0.39 is 9.76 Å². The SMILES string of the molecule is CC(C)C(=O)N1CCC[C@@H](C(=O)OCC(Cl)(Cl)Cl)C1. The van der Waals surface area contributed by atoms with Crippen molar-refractivity contribution in [3.05, 3.63) is 0 Å². The second-order valence-electron chi connectivity index (χ2n) is 5.00. The number of nitrogens with zero attached hydrogens (tertiary/aromatic N) is 1. The maximum atomic E-state index is 11.9. The van der Waals surface area contributed by atoms with Crippen LogP contribution in [-0.2, 0) is 14.3 Å². The molecule has 4 nitrogen and oxygen atoms in total. The Morgan fingerprint density at radius 3 is 2.53 bits per heavy atom. The zero-order chi connectivity index (χ0) is 14.6. The van der Waals surface area contributed by atoms with Crippen LogP contribution in [0.3, 0.4) is 0 Å². The summed E-state index contributed by atoms with van der Waals surface area (Å²) in [4.78, 5) is 25.4. The Morgan fingerprint density at radius 1 is 1.37 bits per heavy atom. The summed E-state index contributed by atoms with van der Waals surface area (Å²) in [5.41, 5.74) is 0. The summed E-state index contributed by atoms with van der Waals surface area (Å²) >= 11 is 16.6. The fourth-order valence-corrected chi connectivity index (χ4v) is 2.17. The van der Waals surface area contributed by atoms with Gasteiger partial charge in [-0.05, 0) is 12.8 Å². The Balaban J connectivity index is 2.50. The van der Waals surface area contributed by atoms with Crippen molar-refractivity contribution >= 4 is 46.7 Å². The van der Waals surface area contributed by atoms with E-state index >= 15 is 0 Å². The number of hydrogen-bond acceptors (Lipinski definition) is 3. The van der Waals surface area contributed by atoms with Crippen molar-refractivity contribution in [3.63, 3.8) is 0 Å². The lowest BCUT2D eigenvalue weighted by Gasteiger charge is -2.32. The van der Waals surface area contributed by atoms with Gasteiger partial charge < -0.3 is 9.64 Å². The van der Waals surface area contributed by atoms with E-state index in [0.717, 1.165) is 6.42 Å². The Bertz CT molecular complexity index is 342. The van der Waals surface area contributed by atoms with E-state index in [1.54, 1.807) is 4.90 Å². The number of ether oxygens (including phenoxy) is 1. The summed E-state index contributed by atoms with van der Waals surface area (Å²) in [5, 5.41) is 0. The molecule has 0 saturated carbocycles. The van der Waals surface area contributed by atoms with Gasteiger partial charge in [0.25, 0.3) is 0 Å². The minimum absolute atomic E-state index is 0.0545. The lowest BCUT2D eigenvalue weighted by Crippen LogP contribution is -2.44. The highest BCUT2D eigenvalue weighted by Crippen LogP contribution is 2.27. The highest BCUT2D eigenvalue weighted by atomic mass is 35.6. The zero-order valence-corrected chi connectivity index (χ0v) is 13.3. The maximum absolute atomic E-state index is 11.9. The van der Waals surface area contributed by atoms with Gasteiger partial charge in [-0.3, -0.25) is 9.59 Å². The number of alkyl halides is 3. The molecule has 19 heavy (non-hydrogen) atoms. The van der Waals surface area contributed by atoms with Gasteiger partial charge in [0, 0.05) is 19.0 Å². The van der Waals surface area contributed by atoms with Gasteiger partial charge in [0.1, 0.15) is 6.61 Å². The number of hydrogen-bond donors (Lipinski definition) is 0. The van der Waals surface area contributed by atoms with Gasteiger partial charge in [-0.2, -0.15) is 0 Å². The van der Waals surface area contributed by atoms with E-state index in [9.17, 15) is 9.59 Å². The van der Waals surface area contributed by atoms with Gasteiger partial charge >= 0.3 is 5.97 Å². The van der Waals surface area contributed by atoms with E-state index in [0.29, 0.717) is 19.5 Å². The second kappa shape index (κ2) is 7.00. The maximum Gasteiger partial charge on any atom is 0.310 e. The summed E-state index contributed by atoms with van der Waals surface area (Å²) in [6, 6.07) is 0. The number of halogens is 3. The van der Waals surface area contributed by atoms with Crippen molar-refractivity contribution in [1.29, 1.82) is 0 Å². The molecule has 0 aromatic rings. The lowest BCUT2D eigenvalue weighted by molar-refractivity contribution is -0.152. The standard InChI is InChI=1S/C12H18Cl3NO3/c1-8(2)10(17)16-5-3-4-9(6-16)11(18)19-7-12(13,14)15/h8-9H,3-7H2,1-2H3/t9-/m1/s1. The number of carbonyl (C=O) groups is 2. The first-order valence-corrected chi connectivity index (χ1v) is 7.36. The predicted octanol–water partition coefficient (Wildman–Crippen LogP) is 2.79. The van der Waals surface area contributed by atoms with Crippen molar-refractivity contribution in [2.75, 3.05) is 19.7 Å². The third-order valence-electron chi connectivity index (χ3n) is 2.94. The third-order valence-corrected chi connectivity index (χ3v) is 3.27. The Hall–Kier alpha value is -0.190. The first-order chi connectivity index (χ1) is 8.70. The van der Waals surface area contributed by atoms with E-state index in [1.807, 2.05) is 13.8 Å². The van der Waals surface area contributed by atoms with Crippen molar-refractivity contribution in [2.45, 2.75) is 30.5 Å². The molecule has 1 amide bonds. The molecule has 1 rings (SSSR count). The lowest BCUT2D eigenvalue weighted by atomic mass is 9.97. The van der Waals surface area contributed by atoms with Crippen molar-refractivity contribution in [2.24, 2.45) is 11.8 Å².